The second kappa shape index (κ2) is 14.9. The van der Waals surface area contributed by atoms with Crippen LogP contribution in [0, 0.1) is 6.92 Å². The first-order valence-corrected chi connectivity index (χ1v) is 14.9. The Bertz CT molecular complexity index is 1560. The SMILES string of the molecule is Cc1noc(COC[C@@H](Cc2ccccc2)N(C)C(=O)[C@@H](Cc2ccc3ccccc3c2)N(C)C(=O)C=CCC(C)(C)N)n1. The quantitative estimate of drug-likeness (QED) is 0.206. The maximum atomic E-state index is 14.3. The Morgan fingerprint density at radius 1 is 0.955 bits per heavy atom. The molecule has 9 nitrogen and oxygen atoms in total. The van der Waals surface area contributed by atoms with E-state index in [2.05, 4.69) is 22.3 Å². The number of aryl methyl sites for hydroxylation is 1. The van der Waals surface area contributed by atoms with Crippen LogP contribution in [0.2, 0.25) is 0 Å². The molecule has 3 aromatic carbocycles. The van der Waals surface area contributed by atoms with E-state index in [1.165, 1.54) is 11.0 Å². The number of likely N-dealkylation sites (N-methyl/N-ethyl adjacent to an activating group) is 2. The predicted octanol–water partition coefficient (Wildman–Crippen LogP) is 4.87. The van der Waals surface area contributed by atoms with E-state index < -0.39 is 11.6 Å². The van der Waals surface area contributed by atoms with Crippen molar-refractivity contribution in [1.29, 1.82) is 0 Å². The lowest BCUT2D eigenvalue weighted by molar-refractivity contribution is -0.144. The summed E-state index contributed by atoms with van der Waals surface area (Å²) in [7, 11) is 3.45. The molecule has 232 valence electrons. The van der Waals surface area contributed by atoms with Gasteiger partial charge >= 0.3 is 0 Å². The van der Waals surface area contributed by atoms with Crippen molar-refractivity contribution in [3.8, 4) is 0 Å². The summed E-state index contributed by atoms with van der Waals surface area (Å²) in [5, 5.41) is 6.01. The lowest BCUT2D eigenvalue weighted by Gasteiger charge is -2.35. The van der Waals surface area contributed by atoms with Gasteiger partial charge in [0.2, 0.25) is 11.8 Å². The molecular weight excluding hydrogens is 554 g/mol. The van der Waals surface area contributed by atoms with Crippen LogP contribution >= 0.6 is 0 Å². The highest BCUT2D eigenvalue weighted by atomic mass is 16.5. The summed E-state index contributed by atoms with van der Waals surface area (Å²) >= 11 is 0. The smallest absolute Gasteiger partial charge is 0.252 e. The van der Waals surface area contributed by atoms with Crippen LogP contribution in [0.25, 0.3) is 10.8 Å². The molecule has 0 radical (unpaired) electrons. The van der Waals surface area contributed by atoms with Crippen molar-refractivity contribution in [3.63, 3.8) is 0 Å². The van der Waals surface area contributed by atoms with Crippen molar-refractivity contribution < 1.29 is 18.8 Å². The summed E-state index contributed by atoms with van der Waals surface area (Å²) in [4.78, 5) is 35.2. The van der Waals surface area contributed by atoms with Gasteiger partial charge in [-0.2, -0.15) is 4.98 Å². The van der Waals surface area contributed by atoms with Crippen LogP contribution in [-0.2, 0) is 33.8 Å². The molecule has 0 fully saturated rings. The molecule has 0 unspecified atom stereocenters. The van der Waals surface area contributed by atoms with Gasteiger partial charge in [-0.3, -0.25) is 9.59 Å². The molecule has 0 bridgehead atoms. The molecule has 44 heavy (non-hydrogen) atoms. The number of benzene rings is 3. The molecule has 0 saturated carbocycles. The number of amides is 2. The Hall–Kier alpha value is -4.34. The van der Waals surface area contributed by atoms with Crippen LogP contribution < -0.4 is 5.73 Å². The number of hydrogen-bond donors (Lipinski definition) is 1. The molecule has 9 heteroatoms. The van der Waals surface area contributed by atoms with Gasteiger partial charge in [0, 0.05) is 26.1 Å². The Morgan fingerprint density at radius 3 is 2.34 bits per heavy atom. The topological polar surface area (TPSA) is 115 Å². The third-order valence-corrected chi connectivity index (χ3v) is 7.56. The molecule has 2 atom stereocenters. The normalized spacial score (nSPS) is 13.2. The summed E-state index contributed by atoms with van der Waals surface area (Å²) in [5.74, 6) is 0.469. The third-order valence-electron chi connectivity index (χ3n) is 7.56. The van der Waals surface area contributed by atoms with Gasteiger partial charge in [0.05, 0.1) is 12.6 Å². The molecule has 1 aromatic heterocycles. The maximum absolute atomic E-state index is 14.3. The molecular formula is C35H43N5O4. The fraction of sp³-hybridized carbons (Fsp3) is 0.371. The van der Waals surface area contributed by atoms with Crippen LogP contribution in [0.3, 0.4) is 0 Å². The van der Waals surface area contributed by atoms with E-state index in [1.807, 2.05) is 74.5 Å². The van der Waals surface area contributed by atoms with Crippen LogP contribution in [0.15, 0.2) is 89.5 Å². The van der Waals surface area contributed by atoms with Gasteiger partial charge in [-0.05, 0) is 61.6 Å². The monoisotopic (exact) mass is 597 g/mol. The fourth-order valence-corrected chi connectivity index (χ4v) is 5.00. The number of carbonyl (C=O) groups is 2. The van der Waals surface area contributed by atoms with Crippen LogP contribution in [-0.4, -0.2) is 70.1 Å². The minimum Gasteiger partial charge on any atom is -0.369 e. The van der Waals surface area contributed by atoms with E-state index in [-0.39, 0.29) is 31.1 Å². The number of fused-ring (bicyclic) bond motifs is 1. The number of carbonyl (C=O) groups excluding carboxylic acids is 2. The third kappa shape index (κ3) is 9.33. The molecule has 2 amide bonds. The molecule has 0 spiro atoms. The molecule has 1 heterocycles. The molecule has 4 rings (SSSR count). The predicted molar refractivity (Wildman–Crippen MR) is 172 cm³/mol. The van der Waals surface area contributed by atoms with E-state index in [0.717, 1.165) is 21.9 Å². The van der Waals surface area contributed by atoms with Gasteiger partial charge in [-0.25, -0.2) is 0 Å². The minimum absolute atomic E-state index is 0.134. The van der Waals surface area contributed by atoms with Gasteiger partial charge in [0.15, 0.2) is 5.82 Å². The van der Waals surface area contributed by atoms with E-state index >= 15 is 0 Å². The number of ether oxygens (including phenoxy) is 1. The standard InChI is InChI=1S/C35H43N5O4/c1-25-37-32(44-38-25)24-43-23-30(21-26-12-7-6-8-13-26)39(4)34(42)31(40(5)33(41)16-11-19-35(2,3)36)22-27-17-18-28-14-9-10-15-29(28)20-27/h6-18,20,30-31H,19,21-24,36H2,1-5H3/t30-,31-/m1/s1. The Labute approximate surface area is 259 Å². The van der Waals surface area contributed by atoms with Crippen LogP contribution in [0.4, 0.5) is 0 Å². The van der Waals surface area contributed by atoms with Gasteiger partial charge in [-0.15, -0.1) is 0 Å². The van der Waals surface area contributed by atoms with Crippen molar-refractivity contribution >= 4 is 22.6 Å². The van der Waals surface area contributed by atoms with Crippen LogP contribution in [0.5, 0.6) is 0 Å². The van der Waals surface area contributed by atoms with Crippen molar-refractivity contribution in [3.05, 3.63) is 108 Å². The fourth-order valence-electron chi connectivity index (χ4n) is 5.00. The number of nitrogens with zero attached hydrogens (tertiary/aromatic N) is 4. The van der Waals surface area contributed by atoms with Gasteiger partial charge in [0.1, 0.15) is 12.6 Å². The Morgan fingerprint density at radius 2 is 1.66 bits per heavy atom. The summed E-state index contributed by atoms with van der Waals surface area (Å²) in [6.07, 6.45) is 4.73. The van der Waals surface area contributed by atoms with Gasteiger partial charge in [0.25, 0.3) is 5.89 Å². The lowest BCUT2D eigenvalue weighted by atomic mass is 9.98. The first kappa shape index (κ1) is 32.6. The Balaban J connectivity index is 1.59. The first-order valence-electron chi connectivity index (χ1n) is 14.9. The summed E-state index contributed by atoms with van der Waals surface area (Å²) < 4.78 is 11.2. The highest BCUT2D eigenvalue weighted by Gasteiger charge is 2.32. The second-order valence-electron chi connectivity index (χ2n) is 12.0. The average Bonchev–Trinajstić information content (AvgIpc) is 3.42. The zero-order chi connectivity index (χ0) is 31.7. The van der Waals surface area contributed by atoms with E-state index in [0.29, 0.717) is 31.0 Å². The molecule has 2 N–H and O–H groups in total. The summed E-state index contributed by atoms with van der Waals surface area (Å²) in [5.41, 5.74) is 7.69. The van der Waals surface area contributed by atoms with Crippen molar-refractivity contribution in [2.24, 2.45) is 5.73 Å². The zero-order valence-corrected chi connectivity index (χ0v) is 26.3. The van der Waals surface area contributed by atoms with Gasteiger partial charge < -0.3 is 24.8 Å². The Kier molecular flexibility index (Phi) is 11.0. The first-order chi connectivity index (χ1) is 21.0. The average molecular weight is 598 g/mol. The highest BCUT2D eigenvalue weighted by molar-refractivity contribution is 5.93. The summed E-state index contributed by atoms with van der Waals surface area (Å²) in [6, 6.07) is 23.1. The number of rotatable bonds is 14. The van der Waals surface area contributed by atoms with Crippen molar-refractivity contribution in [1.82, 2.24) is 19.9 Å². The van der Waals surface area contributed by atoms with Crippen molar-refractivity contribution in [2.45, 2.75) is 64.3 Å². The molecule has 4 aromatic rings. The number of nitrogens with two attached hydrogens (primary N) is 1. The molecule has 0 aliphatic rings. The number of aromatic nitrogens is 2. The summed E-state index contributed by atoms with van der Waals surface area (Å²) in [6.45, 7) is 5.93. The van der Waals surface area contributed by atoms with Crippen LogP contribution in [0.1, 0.15) is 43.1 Å². The second-order valence-corrected chi connectivity index (χ2v) is 12.0. The van der Waals surface area contributed by atoms with E-state index in [4.69, 9.17) is 15.0 Å². The van der Waals surface area contributed by atoms with E-state index in [1.54, 1.807) is 32.0 Å². The minimum atomic E-state index is -0.749. The van der Waals surface area contributed by atoms with Gasteiger partial charge in [-0.1, -0.05) is 84.0 Å². The number of hydrogen-bond acceptors (Lipinski definition) is 7. The molecule has 0 aliphatic carbocycles. The maximum Gasteiger partial charge on any atom is 0.252 e. The molecule has 0 saturated heterocycles. The largest absolute Gasteiger partial charge is 0.369 e. The zero-order valence-electron chi connectivity index (χ0n) is 26.3. The highest BCUT2D eigenvalue weighted by Crippen LogP contribution is 2.20. The lowest BCUT2D eigenvalue weighted by Crippen LogP contribution is -2.53. The van der Waals surface area contributed by atoms with E-state index in [9.17, 15) is 9.59 Å². The molecule has 0 aliphatic heterocycles. The van der Waals surface area contributed by atoms with Crippen molar-refractivity contribution in [2.75, 3.05) is 20.7 Å².